The molecule has 0 aliphatic carbocycles. The Labute approximate surface area is 87.5 Å². The maximum atomic E-state index is 10.7. The van der Waals surface area contributed by atoms with E-state index in [-0.39, 0.29) is 17.6 Å². The van der Waals surface area contributed by atoms with Gasteiger partial charge in [0.15, 0.2) is 0 Å². The number of benzene rings is 1. The van der Waals surface area contributed by atoms with E-state index < -0.39 is 11.5 Å². The molecule has 1 atom stereocenters. The Morgan fingerprint density at radius 1 is 1.53 bits per heavy atom. The van der Waals surface area contributed by atoms with Gasteiger partial charge in [0.25, 0.3) is 0 Å². The highest BCUT2D eigenvalue weighted by molar-refractivity contribution is 5.78. The first-order valence-corrected chi connectivity index (χ1v) is 4.22. The molecule has 0 saturated heterocycles. The predicted molar refractivity (Wildman–Crippen MR) is 55.7 cm³/mol. The first-order chi connectivity index (χ1) is 6.42. The molecule has 0 aliphatic rings. The van der Waals surface area contributed by atoms with Crippen LogP contribution in [0.2, 0.25) is 0 Å². The molecular formula is C10H15NO4. The van der Waals surface area contributed by atoms with Gasteiger partial charge in [-0.1, -0.05) is 12.1 Å². The number of carboxylic acids is 1. The third kappa shape index (κ3) is 3.57. The van der Waals surface area contributed by atoms with Crippen molar-refractivity contribution < 1.29 is 20.5 Å². The molecule has 0 amide bonds. The smallest absolute Gasteiger partial charge is 0.323 e. The monoisotopic (exact) mass is 213 g/mol. The van der Waals surface area contributed by atoms with Gasteiger partial charge < -0.3 is 21.4 Å². The minimum Gasteiger partial charge on any atom is -0.508 e. The topological polar surface area (TPSA) is 115 Å². The van der Waals surface area contributed by atoms with Crippen molar-refractivity contribution >= 4 is 5.97 Å². The lowest BCUT2D eigenvalue weighted by Gasteiger charge is -2.18. The molecule has 1 rings (SSSR count). The summed E-state index contributed by atoms with van der Waals surface area (Å²) in [6.45, 7) is 1.44. The summed E-state index contributed by atoms with van der Waals surface area (Å²) in [6, 6.07) is 6.42. The summed E-state index contributed by atoms with van der Waals surface area (Å²) in [5.74, 6) is -0.940. The van der Waals surface area contributed by atoms with E-state index in [4.69, 9.17) is 15.9 Å². The van der Waals surface area contributed by atoms with Crippen LogP contribution in [0.1, 0.15) is 12.5 Å². The van der Waals surface area contributed by atoms with Crippen molar-refractivity contribution in [3.63, 3.8) is 0 Å². The molecule has 0 heterocycles. The number of phenolic OH excluding ortho intramolecular Hbond substituents is 1. The van der Waals surface area contributed by atoms with Gasteiger partial charge in [0.2, 0.25) is 0 Å². The van der Waals surface area contributed by atoms with Crippen molar-refractivity contribution in [2.24, 2.45) is 5.73 Å². The highest BCUT2D eigenvalue weighted by Crippen LogP contribution is 2.15. The number of aliphatic carboxylic acids is 1. The summed E-state index contributed by atoms with van der Waals surface area (Å²) >= 11 is 0. The minimum absolute atomic E-state index is 0. The van der Waals surface area contributed by atoms with Crippen molar-refractivity contribution in [3.8, 4) is 5.75 Å². The second kappa shape index (κ2) is 4.77. The van der Waals surface area contributed by atoms with Gasteiger partial charge in [0, 0.05) is 6.42 Å². The number of carboxylic acid groups (broad SMARTS) is 1. The van der Waals surface area contributed by atoms with Crippen LogP contribution in [0, 0.1) is 0 Å². The second-order valence-electron chi connectivity index (χ2n) is 3.57. The maximum absolute atomic E-state index is 10.7. The van der Waals surface area contributed by atoms with Gasteiger partial charge in [-0.3, -0.25) is 4.79 Å². The summed E-state index contributed by atoms with van der Waals surface area (Å²) in [5, 5.41) is 17.9. The summed E-state index contributed by atoms with van der Waals surface area (Å²) in [4.78, 5) is 10.7. The van der Waals surface area contributed by atoms with Crippen molar-refractivity contribution in [2.45, 2.75) is 18.9 Å². The Morgan fingerprint density at radius 3 is 2.60 bits per heavy atom. The lowest BCUT2D eigenvalue weighted by atomic mass is 9.94. The lowest BCUT2D eigenvalue weighted by Crippen LogP contribution is -2.46. The highest BCUT2D eigenvalue weighted by Gasteiger charge is 2.27. The van der Waals surface area contributed by atoms with Gasteiger partial charge >= 0.3 is 5.97 Å². The summed E-state index contributed by atoms with van der Waals surface area (Å²) in [6.07, 6.45) is 0.191. The highest BCUT2D eigenvalue weighted by atomic mass is 16.4. The second-order valence-corrected chi connectivity index (χ2v) is 3.57. The Hall–Kier alpha value is -1.59. The average Bonchev–Trinajstić information content (AvgIpc) is 2.02. The molecule has 1 aromatic rings. The van der Waals surface area contributed by atoms with Crippen LogP contribution in [0.3, 0.4) is 0 Å². The molecule has 0 bridgehead atoms. The van der Waals surface area contributed by atoms with Crippen LogP contribution in [0.4, 0.5) is 0 Å². The van der Waals surface area contributed by atoms with Gasteiger partial charge in [0.1, 0.15) is 11.3 Å². The fourth-order valence-electron chi connectivity index (χ4n) is 1.17. The Bertz CT molecular complexity index is 349. The first kappa shape index (κ1) is 13.4. The van der Waals surface area contributed by atoms with Crippen LogP contribution in [-0.4, -0.2) is 27.2 Å². The third-order valence-corrected chi connectivity index (χ3v) is 1.97. The standard InChI is InChI=1S/C10H13NO3.H2O/c1-10(11,9(13)14)6-7-3-2-4-8(12)5-7;/h2-5,12H,6,11H2,1H3,(H,13,14);1H2. The zero-order valence-corrected chi connectivity index (χ0v) is 8.40. The first-order valence-electron chi connectivity index (χ1n) is 4.22. The molecule has 0 aromatic heterocycles. The number of phenols is 1. The predicted octanol–water partition coefficient (Wildman–Crippen LogP) is -0.0880. The molecule has 1 unspecified atom stereocenters. The number of rotatable bonds is 3. The molecular weight excluding hydrogens is 198 g/mol. The minimum atomic E-state index is -1.30. The van der Waals surface area contributed by atoms with Crippen molar-refractivity contribution in [3.05, 3.63) is 29.8 Å². The van der Waals surface area contributed by atoms with Crippen LogP contribution >= 0.6 is 0 Å². The van der Waals surface area contributed by atoms with Crippen molar-refractivity contribution in [1.82, 2.24) is 0 Å². The van der Waals surface area contributed by atoms with E-state index in [0.29, 0.717) is 5.56 Å². The van der Waals surface area contributed by atoms with E-state index in [9.17, 15) is 4.79 Å². The zero-order valence-electron chi connectivity index (χ0n) is 8.40. The molecule has 0 spiro atoms. The number of nitrogens with two attached hydrogens (primary N) is 1. The molecule has 0 fully saturated rings. The number of aromatic hydroxyl groups is 1. The molecule has 84 valence electrons. The summed E-state index contributed by atoms with van der Waals surface area (Å²) in [7, 11) is 0. The van der Waals surface area contributed by atoms with Crippen LogP contribution < -0.4 is 5.73 Å². The number of hydrogen-bond acceptors (Lipinski definition) is 3. The van der Waals surface area contributed by atoms with Crippen LogP contribution in [0.15, 0.2) is 24.3 Å². The zero-order chi connectivity index (χ0) is 10.8. The van der Waals surface area contributed by atoms with Crippen LogP contribution in [-0.2, 0) is 11.2 Å². The Kier molecular flexibility index (Phi) is 4.26. The normalized spacial score (nSPS) is 13.7. The molecule has 0 aliphatic heterocycles. The molecule has 15 heavy (non-hydrogen) atoms. The van der Waals surface area contributed by atoms with E-state index in [1.54, 1.807) is 12.1 Å². The Morgan fingerprint density at radius 2 is 2.13 bits per heavy atom. The fourth-order valence-corrected chi connectivity index (χ4v) is 1.17. The van der Waals surface area contributed by atoms with Crippen LogP contribution in [0.25, 0.3) is 0 Å². The average molecular weight is 213 g/mol. The van der Waals surface area contributed by atoms with E-state index in [2.05, 4.69) is 0 Å². The largest absolute Gasteiger partial charge is 0.508 e. The van der Waals surface area contributed by atoms with E-state index in [0.717, 1.165) is 0 Å². The molecule has 5 heteroatoms. The van der Waals surface area contributed by atoms with E-state index in [1.807, 2.05) is 0 Å². The Balaban J connectivity index is 0.00000196. The lowest BCUT2D eigenvalue weighted by molar-refractivity contribution is -0.142. The van der Waals surface area contributed by atoms with Gasteiger partial charge in [-0.2, -0.15) is 0 Å². The molecule has 0 radical (unpaired) electrons. The van der Waals surface area contributed by atoms with E-state index in [1.165, 1.54) is 19.1 Å². The van der Waals surface area contributed by atoms with Gasteiger partial charge in [-0.15, -0.1) is 0 Å². The maximum Gasteiger partial charge on any atom is 0.323 e. The summed E-state index contributed by atoms with van der Waals surface area (Å²) in [5.41, 5.74) is 4.97. The quantitative estimate of drug-likeness (QED) is 0.650. The fraction of sp³-hybridized carbons (Fsp3) is 0.300. The van der Waals surface area contributed by atoms with Crippen molar-refractivity contribution in [2.75, 3.05) is 0 Å². The molecule has 5 nitrogen and oxygen atoms in total. The van der Waals surface area contributed by atoms with E-state index >= 15 is 0 Å². The SMILES string of the molecule is CC(N)(Cc1cccc(O)c1)C(=O)O.O. The third-order valence-electron chi connectivity index (χ3n) is 1.97. The molecule has 0 saturated carbocycles. The number of hydrogen-bond donors (Lipinski definition) is 3. The van der Waals surface area contributed by atoms with Crippen molar-refractivity contribution in [1.29, 1.82) is 0 Å². The number of carbonyl (C=O) groups is 1. The van der Waals surface area contributed by atoms with Crippen LogP contribution in [0.5, 0.6) is 5.75 Å². The summed E-state index contributed by atoms with van der Waals surface area (Å²) < 4.78 is 0. The van der Waals surface area contributed by atoms with Gasteiger partial charge in [-0.25, -0.2) is 0 Å². The van der Waals surface area contributed by atoms with Gasteiger partial charge in [0.05, 0.1) is 0 Å². The molecule has 6 N–H and O–H groups in total. The molecule has 1 aromatic carbocycles. The van der Waals surface area contributed by atoms with Gasteiger partial charge in [-0.05, 0) is 24.6 Å².